The van der Waals surface area contributed by atoms with E-state index in [2.05, 4.69) is 10.4 Å². The van der Waals surface area contributed by atoms with Crippen LogP contribution in [0.1, 0.15) is 18.2 Å². The monoisotopic (exact) mass is 196 g/mol. The van der Waals surface area contributed by atoms with E-state index < -0.39 is 0 Å². The summed E-state index contributed by atoms with van der Waals surface area (Å²) >= 11 is 0. The highest BCUT2D eigenvalue weighted by atomic mass is 16.1. The van der Waals surface area contributed by atoms with Gasteiger partial charge in [-0.1, -0.05) is 0 Å². The molecule has 78 valence electrons. The quantitative estimate of drug-likeness (QED) is 0.694. The Morgan fingerprint density at radius 3 is 2.86 bits per heavy atom. The Labute approximate surface area is 83.3 Å². The van der Waals surface area contributed by atoms with E-state index in [0.29, 0.717) is 6.54 Å². The number of rotatable bonds is 4. The van der Waals surface area contributed by atoms with Gasteiger partial charge in [-0.05, 0) is 13.8 Å². The van der Waals surface area contributed by atoms with Gasteiger partial charge in [0.05, 0.1) is 11.7 Å². The van der Waals surface area contributed by atoms with Crippen molar-refractivity contribution in [1.29, 1.82) is 0 Å². The van der Waals surface area contributed by atoms with Crippen molar-refractivity contribution >= 4 is 5.91 Å². The van der Waals surface area contributed by atoms with Gasteiger partial charge in [0.2, 0.25) is 5.91 Å². The molecule has 0 spiro atoms. The first kappa shape index (κ1) is 10.7. The molecule has 5 nitrogen and oxygen atoms in total. The maximum atomic E-state index is 10.7. The standard InChI is InChI=1S/C9H16N4O/c1-6-8(5-13(3)12-6)4-11-7(2)9(10)14/h5,7,11H,4H2,1-3H3,(H2,10,14). The van der Waals surface area contributed by atoms with Crippen LogP contribution >= 0.6 is 0 Å². The molecule has 0 saturated heterocycles. The molecule has 14 heavy (non-hydrogen) atoms. The van der Waals surface area contributed by atoms with E-state index in [9.17, 15) is 4.79 Å². The molecule has 3 N–H and O–H groups in total. The number of hydrogen-bond donors (Lipinski definition) is 2. The van der Waals surface area contributed by atoms with Crippen molar-refractivity contribution in [3.05, 3.63) is 17.5 Å². The molecule has 0 aliphatic carbocycles. The van der Waals surface area contributed by atoms with E-state index >= 15 is 0 Å². The lowest BCUT2D eigenvalue weighted by molar-refractivity contribution is -0.119. The van der Waals surface area contributed by atoms with Gasteiger partial charge in [0.25, 0.3) is 0 Å². The molecule has 1 unspecified atom stereocenters. The minimum atomic E-state index is -0.341. The van der Waals surface area contributed by atoms with Crippen molar-refractivity contribution in [3.8, 4) is 0 Å². The predicted octanol–water partition coefficient (Wildman–Crippen LogP) is -0.308. The maximum Gasteiger partial charge on any atom is 0.234 e. The van der Waals surface area contributed by atoms with Crippen LogP contribution < -0.4 is 11.1 Å². The summed E-state index contributed by atoms with van der Waals surface area (Å²) in [7, 11) is 1.87. The Bertz CT molecular complexity index is 332. The van der Waals surface area contributed by atoms with Crippen LogP contribution in [0, 0.1) is 6.92 Å². The molecule has 0 saturated carbocycles. The Morgan fingerprint density at radius 2 is 2.43 bits per heavy atom. The first-order valence-corrected chi connectivity index (χ1v) is 4.52. The van der Waals surface area contributed by atoms with Crippen molar-refractivity contribution in [2.45, 2.75) is 26.4 Å². The Morgan fingerprint density at radius 1 is 1.79 bits per heavy atom. The average Bonchev–Trinajstić information content (AvgIpc) is 2.40. The average molecular weight is 196 g/mol. The molecule has 1 amide bonds. The third-order valence-corrected chi connectivity index (χ3v) is 2.14. The van der Waals surface area contributed by atoms with Crippen LogP contribution in [0.15, 0.2) is 6.20 Å². The number of nitrogens with one attached hydrogen (secondary N) is 1. The second-order valence-electron chi connectivity index (χ2n) is 3.42. The highest BCUT2D eigenvalue weighted by Crippen LogP contribution is 2.03. The van der Waals surface area contributed by atoms with Crippen LogP contribution in [0.4, 0.5) is 0 Å². The molecular formula is C9H16N4O. The summed E-state index contributed by atoms with van der Waals surface area (Å²) in [5, 5.41) is 7.22. The molecule has 0 aromatic carbocycles. The molecule has 1 aromatic heterocycles. The Kier molecular flexibility index (Phi) is 3.24. The van der Waals surface area contributed by atoms with E-state index in [1.807, 2.05) is 20.2 Å². The molecule has 0 aliphatic heterocycles. The summed E-state index contributed by atoms with van der Waals surface area (Å²) in [6.45, 7) is 4.30. The van der Waals surface area contributed by atoms with Gasteiger partial charge in [-0.3, -0.25) is 9.48 Å². The van der Waals surface area contributed by atoms with Crippen molar-refractivity contribution < 1.29 is 4.79 Å². The van der Waals surface area contributed by atoms with Gasteiger partial charge < -0.3 is 11.1 Å². The maximum absolute atomic E-state index is 10.7. The lowest BCUT2D eigenvalue weighted by Crippen LogP contribution is -2.38. The number of carbonyl (C=O) groups excluding carboxylic acids is 1. The van der Waals surface area contributed by atoms with Gasteiger partial charge >= 0.3 is 0 Å². The summed E-state index contributed by atoms with van der Waals surface area (Å²) in [6.07, 6.45) is 1.93. The minimum absolute atomic E-state index is 0.311. The molecule has 5 heteroatoms. The first-order valence-electron chi connectivity index (χ1n) is 4.52. The second-order valence-corrected chi connectivity index (χ2v) is 3.42. The van der Waals surface area contributed by atoms with Gasteiger partial charge in [-0.15, -0.1) is 0 Å². The van der Waals surface area contributed by atoms with Crippen LogP contribution in [0.2, 0.25) is 0 Å². The van der Waals surface area contributed by atoms with Gasteiger partial charge in [0.15, 0.2) is 0 Å². The van der Waals surface area contributed by atoms with E-state index in [4.69, 9.17) is 5.73 Å². The van der Waals surface area contributed by atoms with Crippen LogP contribution in [-0.2, 0) is 18.4 Å². The highest BCUT2D eigenvalue weighted by molar-refractivity contribution is 5.79. The SMILES string of the molecule is Cc1nn(C)cc1CNC(C)C(N)=O. The van der Waals surface area contributed by atoms with Crippen molar-refractivity contribution in [2.24, 2.45) is 12.8 Å². The third-order valence-electron chi connectivity index (χ3n) is 2.14. The number of hydrogen-bond acceptors (Lipinski definition) is 3. The van der Waals surface area contributed by atoms with E-state index in [0.717, 1.165) is 11.3 Å². The zero-order valence-electron chi connectivity index (χ0n) is 8.74. The predicted molar refractivity (Wildman–Crippen MR) is 53.4 cm³/mol. The molecule has 0 bridgehead atoms. The Balaban J connectivity index is 2.53. The van der Waals surface area contributed by atoms with Gasteiger partial charge in [0, 0.05) is 25.4 Å². The molecule has 0 fully saturated rings. The zero-order valence-corrected chi connectivity index (χ0v) is 8.74. The smallest absolute Gasteiger partial charge is 0.234 e. The minimum Gasteiger partial charge on any atom is -0.368 e. The summed E-state index contributed by atoms with van der Waals surface area (Å²) in [4.78, 5) is 10.7. The highest BCUT2D eigenvalue weighted by Gasteiger charge is 2.09. The van der Waals surface area contributed by atoms with Crippen molar-refractivity contribution in [3.63, 3.8) is 0 Å². The van der Waals surface area contributed by atoms with Crippen LogP contribution in [0.25, 0.3) is 0 Å². The lowest BCUT2D eigenvalue weighted by Gasteiger charge is -2.08. The number of aryl methyl sites for hydroxylation is 2. The fourth-order valence-electron chi connectivity index (χ4n) is 1.19. The normalized spacial score (nSPS) is 12.8. The van der Waals surface area contributed by atoms with Crippen LogP contribution in [0.3, 0.4) is 0 Å². The molecule has 0 aliphatic rings. The number of carbonyl (C=O) groups is 1. The van der Waals surface area contributed by atoms with Crippen LogP contribution in [-0.4, -0.2) is 21.7 Å². The fraction of sp³-hybridized carbons (Fsp3) is 0.556. The van der Waals surface area contributed by atoms with Gasteiger partial charge in [-0.25, -0.2) is 0 Å². The number of nitrogens with two attached hydrogens (primary N) is 1. The van der Waals surface area contributed by atoms with Crippen molar-refractivity contribution in [1.82, 2.24) is 15.1 Å². The number of amides is 1. The first-order chi connectivity index (χ1) is 6.50. The molecule has 0 radical (unpaired) electrons. The summed E-state index contributed by atoms with van der Waals surface area (Å²) in [6, 6.07) is -0.311. The zero-order chi connectivity index (χ0) is 10.7. The van der Waals surface area contributed by atoms with E-state index in [1.165, 1.54) is 0 Å². The summed E-state index contributed by atoms with van der Waals surface area (Å²) in [5.41, 5.74) is 7.17. The molecule has 1 rings (SSSR count). The van der Waals surface area contributed by atoms with Gasteiger partial charge in [-0.2, -0.15) is 5.10 Å². The number of nitrogens with zero attached hydrogens (tertiary/aromatic N) is 2. The molecule has 1 aromatic rings. The van der Waals surface area contributed by atoms with Crippen LogP contribution in [0.5, 0.6) is 0 Å². The van der Waals surface area contributed by atoms with E-state index in [1.54, 1.807) is 11.6 Å². The topological polar surface area (TPSA) is 72.9 Å². The fourth-order valence-corrected chi connectivity index (χ4v) is 1.19. The van der Waals surface area contributed by atoms with E-state index in [-0.39, 0.29) is 11.9 Å². The third kappa shape index (κ3) is 2.56. The summed E-state index contributed by atoms with van der Waals surface area (Å²) < 4.78 is 1.75. The second kappa shape index (κ2) is 4.23. The molecular weight excluding hydrogens is 180 g/mol. The summed E-state index contributed by atoms with van der Waals surface area (Å²) in [5.74, 6) is -0.341. The Hall–Kier alpha value is -1.36. The largest absolute Gasteiger partial charge is 0.368 e. The molecule has 1 atom stereocenters. The number of aromatic nitrogens is 2. The van der Waals surface area contributed by atoms with Crippen molar-refractivity contribution in [2.75, 3.05) is 0 Å². The lowest BCUT2D eigenvalue weighted by atomic mass is 10.2. The number of primary amides is 1. The van der Waals surface area contributed by atoms with Gasteiger partial charge in [0.1, 0.15) is 0 Å². The molecule has 1 heterocycles.